The number of nitrogens with zero attached hydrogens (tertiary/aromatic N) is 3. The SMILES string of the molecule is COc1cc2ccccc2n(Cc2ccc(-c3cnn(C)c3)cc2F)c1=O. The van der Waals surface area contributed by atoms with Crippen LogP contribution in [0.15, 0.2) is 65.7 Å². The average Bonchev–Trinajstić information content (AvgIpc) is 3.11. The maximum atomic E-state index is 14.8. The number of halogens is 1. The molecule has 4 aromatic rings. The van der Waals surface area contributed by atoms with Crippen LogP contribution in [0.1, 0.15) is 5.56 Å². The Balaban J connectivity index is 1.78. The number of benzene rings is 2. The first-order chi connectivity index (χ1) is 13.1. The van der Waals surface area contributed by atoms with E-state index in [0.29, 0.717) is 5.56 Å². The van der Waals surface area contributed by atoms with Gasteiger partial charge in [0.25, 0.3) is 5.56 Å². The number of hydrogen-bond acceptors (Lipinski definition) is 3. The van der Waals surface area contributed by atoms with Crippen molar-refractivity contribution in [3.63, 3.8) is 0 Å². The van der Waals surface area contributed by atoms with E-state index in [0.717, 1.165) is 22.0 Å². The normalized spacial score (nSPS) is 11.1. The molecule has 0 aliphatic carbocycles. The predicted molar refractivity (Wildman–Crippen MR) is 102 cm³/mol. The number of aryl methyl sites for hydroxylation is 1. The third kappa shape index (κ3) is 3.10. The molecule has 0 bridgehead atoms. The van der Waals surface area contributed by atoms with Gasteiger partial charge in [-0.25, -0.2) is 4.39 Å². The predicted octanol–water partition coefficient (Wildman–Crippen LogP) is 3.60. The molecular weight excluding hydrogens is 345 g/mol. The number of hydrogen-bond donors (Lipinski definition) is 0. The van der Waals surface area contributed by atoms with E-state index in [1.54, 1.807) is 23.0 Å². The smallest absolute Gasteiger partial charge is 0.293 e. The van der Waals surface area contributed by atoms with Gasteiger partial charge in [0, 0.05) is 29.8 Å². The van der Waals surface area contributed by atoms with E-state index < -0.39 is 0 Å². The number of ether oxygens (including phenoxy) is 1. The Morgan fingerprint density at radius 3 is 2.63 bits per heavy atom. The van der Waals surface area contributed by atoms with Crippen LogP contribution in [0.2, 0.25) is 0 Å². The Hall–Kier alpha value is -3.41. The second-order valence-corrected chi connectivity index (χ2v) is 6.37. The summed E-state index contributed by atoms with van der Waals surface area (Å²) >= 11 is 0. The van der Waals surface area contributed by atoms with Crippen LogP contribution in [-0.4, -0.2) is 21.5 Å². The molecule has 6 heteroatoms. The minimum atomic E-state index is -0.366. The van der Waals surface area contributed by atoms with E-state index in [9.17, 15) is 9.18 Å². The number of methoxy groups -OCH3 is 1. The van der Waals surface area contributed by atoms with Crippen LogP contribution in [0.25, 0.3) is 22.0 Å². The van der Waals surface area contributed by atoms with Crippen molar-refractivity contribution in [3.05, 3.63) is 82.7 Å². The van der Waals surface area contributed by atoms with Crippen molar-refractivity contribution in [2.45, 2.75) is 6.54 Å². The molecule has 0 N–H and O–H groups in total. The fraction of sp³-hybridized carbons (Fsp3) is 0.143. The van der Waals surface area contributed by atoms with Crippen molar-refractivity contribution in [2.75, 3.05) is 7.11 Å². The monoisotopic (exact) mass is 363 g/mol. The zero-order chi connectivity index (χ0) is 19.0. The highest BCUT2D eigenvalue weighted by atomic mass is 19.1. The van der Waals surface area contributed by atoms with E-state index in [2.05, 4.69) is 5.10 Å². The molecule has 0 unspecified atom stereocenters. The molecule has 0 atom stereocenters. The second-order valence-electron chi connectivity index (χ2n) is 6.37. The van der Waals surface area contributed by atoms with Crippen LogP contribution < -0.4 is 10.3 Å². The molecule has 0 aliphatic rings. The highest BCUT2D eigenvalue weighted by molar-refractivity contribution is 5.80. The number of para-hydroxylation sites is 1. The molecule has 136 valence electrons. The van der Waals surface area contributed by atoms with Crippen molar-refractivity contribution >= 4 is 10.9 Å². The third-order valence-electron chi connectivity index (χ3n) is 4.61. The number of aromatic nitrogens is 3. The molecular formula is C21H18FN3O2. The molecule has 0 amide bonds. The molecule has 2 aromatic heterocycles. The van der Waals surface area contributed by atoms with Gasteiger partial charge in [0.15, 0.2) is 5.75 Å². The Bertz CT molecular complexity index is 1190. The Labute approximate surface area is 155 Å². The summed E-state index contributed by atoms with van der Waals surface area (Å²) in [5.41, 5.74) is 2.47. The summed E-state index contributed by atoms with van der Waals surface area (Å²) in [6, 6.07) is 14.2. The van der Waals surface area contributed by atoms with Crippen LogP contribution in [0, 0.1) is 5.82 Å². The van der Waals surface area contributed by atoms with Gasteiger partial charge < -0.3 is 9.30 Å². The highest BCUT2D eigenvalue weighted by Crippen LogP contribution is 2.23. The van der Waals surface area contributed by atoms with E-state index in [1.165, 1.54) is 17.7 Å². The minimum Gasteiger partial charge on any atom is -0.491 e. The highest BCUT2D eigenvalue weighted by Gasteiger charge is 2.13. The van der Waals surface area contributed by atoms with Gasteiger partial charge in [-0.15, -0.1) is 0 Å². The number of pyridine rings is 1. The molecule has 0 spiro atoms. The lowest BCUT2D eigenvalue weighted by Crippen LogP contribution is -2.22. The first kappa shape index (κ1) is 17.0. The van der Waals surface area contributed by atoms with Gasteiger partial charge in [0.2, 0.25) is 0 Å². The van der Waals surface area contributed by atoms with Crippen LogP contribution in [0.5, 0.6) is 5.75 Å². The molecule has 27 heavy (non-hydrogen) atoms. The fourth-order valence-electron chi connectivity index (χ4n) is 3.20. The van der Waals surface area contributed by atoms with Crippen molar-refractivity contribution in [3.8, 4) is 16.9 Å². The Morgan fingerprint density at radius 2 is 1.93 bits per heavy atom. The summed E-state index contributed by atoms with van der Waals surface area (Å²) in [6.07, 6.45) is 3.52. The largest absolute Gasteiger partial charge is 0.491 e. The van der Waals surface area contributed by atoms with E-state index in [4.69, 9.17) is 4.74 Å². The lowest BCUT2D eigenvalue weighted by molar-refractivity contribution is 0.405. The lowest BCUT2D eigenvalue weighted by atomic mass is 10.1. The third-order valence-corrected chi connectivity index (χ3v) is 4.61. The van der Waals surface area contributed by atoms with Gasteiger partial charge in [-0.05, 0) is 23.8 Å². The van der Waals surface area contributed by atoms with Crippen molar-refractivity contribution in [1.82, 2.24) is 14.3 Å². The standard InChI is InChI=1S/C21H18FN3O2/c1-24-12-17(11-23-24)14-7-8-16(18(22)9-14)13-25-19-6-4-3-5-15(19)10-20(27-2)21(25)26/h3-12H,13H2,1-2H3. The fourth-order valence-corrected chi connectivity index (χ4v) is 3.20. The summed E-state index contributed by atoms with van der Waals surface area (Å²) in [5.74, 6) is -0.128. The minimum absolute atomic E-state index is 0.121. The second kappa shape index (κ2) is 6.72. The molecule has 0 aliphatic heterocycles. The first-order valence-corrected chi connectivity index (χ1v) is 8.51. The van der Waals surface area contributed by atoms with Crippen LogP contribution >= 0.6 is 0 Å². The summed E-state index contributed by atoms with van der Waals surface area (Å²) in [4.78, 5) is 12.7. The van der Waals surface area contributed by atoms with E-state index in [1.807, 2.05) is 43.6 Å². The maximum absolute atomic E-state index is 14.8. The summed E-state index contributed by atoms with van der Waals surface area (Å²) in [7, 11) is 3.27. The van der Waals surface area contributed by atoms with Crippen LogP contribution in [-0.2, 0) is 13.6 Å². The van der Waals surface area contributed by atoms with E-state index in [-0.39, 0.29) is 23.7 Å². The van der Waals surface area contributed by atoms with Gasteiger partial charge in [0.05, 0.1) is 25.4 Å². The zero-order valence-electron chi connectivity index (χ0n) is 15.0. The Kier molecular flexibility index (Phi) is 4.24. The summed E-state index contributed by atoms with van der Waals surface area (Å²) in [5, 5.41) is 4.97. The molecule has 0 saturated heterocycles. The molecule has 5 nitrogen and oxygen atoms in total. The van der Waals surface area contributed by atoms with Gasteiger partial charge in [-0.1, -0.05) is 30.3 Å². The summed E-state index contributed by atoms with van der Waals surface area (Å²) in [6.45, 7) is 0.121. The zero-order valence-corrected chi connectivity index (χ0v) is 15.0. The molecule has 0 saturated carbocycles. The van der Waals surface area contributed by atoms with Crippen molar-refractivity contribution in [1.29, 1.82) is 0 Å². The van der Waals surface area contributed by atoms with E-state index >= 15 is 0 Å². The maximum Gasteiger partial charge on any atom is 0.293 e. The number of fused-ring (bicyclic) bond motifs is 1. The topological polar surface area (TPSA) is 49.0 Å². The lowest BCUT2D eigenvalue weighted by Gasteiger charge is -2.13. The van der Waals surface area contributed by atoms with Gasteiger partial charge in [-0.2, -0.15) is 5.10 Å². The quantitative estimate of drug-likeness (QED) is 0.557. The van der Waals surface area contributed by atoms with Crippen molar-refractivity contribution < 1.29 is 9.13 Å². The molecule has 0 radical (unpaired) electrons. The van der Waals surface area contributed by atoms with Gasteiger partial charge in [0.1, 0.15) is 5.82 Å². The Morgan fingerprint density at radius 1 is 1.11 bits per heavy atom. The van der Waals surface area contributed by atoms with Crippen LogP contribution in [0.3, 0.4) is 0 Å². The van der Waals surface area contributed by atoms with Gasteiger partial charge >= 0.3 is 0 Å². The molecule has 0 fully saturated rings. The first-order valence-electron chi connectivity index (χ1n) is 8.51. The number of rotatable bonds is 4. The van der Waals surface area contributed by atoms with Gasteiger partial charge in [-0.3, -0.25) is 9.48 Å². The van der Waals surface area contributed by atoms with Crippen LogP contribution in [0.4, 0.5) is 4.39 Å². The summed E-state index contributed by atoms with van der Waals surface area (Å²) < 4.78 is 23.2. The molecule has 2 aromatic carbocycles. The molecule has 4 rings (SSSR count). The van der Waals surface area contributed by atoms with Crippen molar-refractivity contribution in [2.24, 2.45) is 7.05 Å². The average molecular weight is 363 g/mol. The molecule has 2 heterocycles.